The molecule has 0 aliphatic heterocycles. The number of aromatic hydroxyl groups is 1. The molecule has 0 saturated carbocycles. The van der Waals surface area contributed by atoms with Gasteiger partial charge in [-0.15, -0.1) is 0 Å². The minimum absolute atomic E-state index is 0.256. The van der Waals surface area contributed by atoms with E-state index in [1.165, 1.54) is 64.2 Å². The Morgan fingerprint density at radius 3 is 1.73 bits per heavy atom. The second kappa shape index (κ2) is 14.3. The van der Waals surface area contributed by atoms with E-state index in [0.29, 0.717) is 17.1 Å². The molecule has 4 nitrogen and oxygen atoms in total. The van der Waals surface area contributed by atoms with Crippen molar-refractivity contribution in [3.05, 3.63) is 22.8 Å². The maximum atomic E-state index is 10.7. The maximum Gasteiger partial charge on any atom is 0.391 e. The van der Waals surface area contributed by atoms with Crippen LogP contribution >= 0.6 is 8.60 Å². The van der Waals surface area contributed by atoms with E-state index in [0.717, 1.165) is 30.4 Å². The molecule has 0 aromatic heterocycles. The Bertz CT molecular complexity index is 608. The van der Waals surface area contributed by atoms with Gasteiger partial charge in [0, 0.05) is 11.1 Å². The molecule has 1 aromatic carbocycles. The van der Waals surface area contributed by atoms with Gasteiger partial charge in [0.15, 0.2) is 0 Å². The van der Waals surface area contributed by atoms with Gasteiger partial charge >= 0.3 is 8.60 Å². The Balaban J connectivity index is 2.51. The van der Waals surface area contributed by atoms with Gasteiger partial charge in [-0.2, -0.15) is 0 Å². The van der Waals surface area contributed by atoms with Crippen molar-refractivity contribution in [1.82, 2.24) is 0 Å². The number of benzene rings is 1. The summed E-state index contributed by atoms with van der Waals surface area (Å²) < 4.78 is 5.34. The SMILES string of the molecule is CCCCCCCCCCCCCCc1c(OP(O)O)cc(C)c(O)c1C(C)(C)C. The van der Waals surface area contributed by atoms with Crippen molar-refractivity contribution in [1.29, 1.82) is 0 Å². The zero-order valence-electron chi connectivity index (χ0n) is 20.0. The number of hydrogen-bond acceptors (Lipinski definition) is 4. The molecule has 0 unspecified atom stereocenters. The number of aryl methyl sites for hydroxylation is 1. The van der Waals surface area contributed by atoms with E-state index in [4.69, 9.17) is 4.52 Å². The van der Waals surface area contributed by atoms with Crippen LogP contribution in [0.5, 0.6) is 11.5 Å². The summed E-state index contributed by atoms with van der Waals surface area (Å²) in [6.45, 7) is 10.3. The highest BCUT2D eigenvalue weighted by molar-refractivity contribution is 7.39. The number of unbranched alkanes of at least 4 members (excludes halogenated alkanes) is 11. The minimum Gasteiger partial charge on any atom is -0.507 e. The van der Waals surface area contributed by atoms with Gasteiger partial charge in [-0.1, -0.05) is 98.3 Å². The molecule has 0 spiro atoms. The lowest BCUT2D eigenvalue weighted by Gasteiger charge is -2.27. The van der Waals surface area contributed by atoms with Crippen LogP contribution in [0.25, 0.3) is 0 Å². The van der Waals surface area contributed by atoms with Crippen LogP contribution in [0.15, 0.2) is 6.07 Å². The van der Waals surface area contributed by atoms with Crippen molar-refractivity contribution in [2.75, 3.05) is 0 Å². The Morgan fingerprint density at radius 1 is 0.833 bits per heavy atom. The highest BCUT2D eigenvalue weighted by Gasteiger charge is 2.27. The average molecular weight is 441 g/mol. The van der Waals surface area contributed by atoms with Gasteiger partial charge < -0.3 is 19.4 Å². The molecule has 174 valence electrons. The first-order chi connectivity index (χ1) is 14.2. The number of rotatable bonds is 15. The van der Waals surface area contributed by atoms with Crippen molar-refractivity contribution in [2.45, 2.75) is 124 Å². The van der Waals surface area contributed by atoms with E-state index >= 15 is 0 Å². The largest absolute Gasteiger partial charge is 0.507 e. The summed E-state index contributed by atoms with van der Waals surface area (Å²) in [7, 11) is -2.48. The van der Waals surface area contributed by atoms with Crippen molar-refractivity contribution < 1.29 is 19.4 Å². The van der Waals surface area contributed by atoms with Crippen molar-refractivity contribution in [3.8, 4) is 11.5 Å². The fourth-order valence-electron chi connectivity index (χ4n) is 4.18. The maximum absolute atomic E-state index is 10.7. The van der Waals surface area contributed by atoms with Crippen LogP contribution in [0.3, 0.4) is 0 Å². The number of phenols is 1. The van der Waals surface area contributed by atoms with Crippen LogP contribution in [0.2, 0.25) is 0 Å². The van der Waals surface area contributed by atoms with Crippen molar-refractivity contribution >= 4 is 8.60 Å². The third kappa shape index (κ3) is 9.98. The highest BCUT2D eigenvalue weighted by Crippen LogP contribution is 2.44. The molecule has 5 heteroatoms. The van der Waals surface area contributed by atoms with E-state index in [-0.39, 0.29) is 5.41 Å². The molecule has 0 saturated heterocycles. The van der Waals surface area contributed by atoms with Crippen LogP contribution in [0, 0.1) is 6.92 Å². The van der Waals surface area contributed by atoms with E-state index in [1.54, 1.807) is 6.07 Å². The molecule has 0 aliphatic rings. The third-order valence-corrected chi connectivity index (χ3v) is 6.13. The molecule has 3 N–H and O–H groups in total. The van der Waals surface area contributed by atoms with E-state index < -0.39 is 8.60 Å². The normalized spacial score (nSPS) is 12.0. The van der Waals surface area contributed by atoms with Gasteiger partial charge in [-0.3, -0.25) is 0 Å². The lowest BCUT2D eigenvalue weighted by Crippen LogP contribution is -2.16. The topological polar surface area (TPSA) is 69.9 Å². The first-order valence-corrected chi connectivity index (χ1v) is 13.1. The molecule has 1 aromatic rings. The molecule has 30 heavy (non-hydrogen) atoms. The molecule has 0 fully saturated rings. The number of hydrogen-bond donors (Lipinski definition) is 3. The molecule has 1 rings (SSSR count). The van der Waals surface area contributed by atoms with Gasteiger partial charge in [-0.25, -0.2) is 0 Å². The van der Waals surface area contributed by atoms with Gasteiger partial charge in [0.05, 0.1) is 0 Å². The van der Waals surface area contributed by atoms with Crippen LogP contribution in [-0.2, 0) is 11.8 Å². The second-order valence-electron chi connectivity index (χ2n) is 9.63. The lowest BCUT2D eigenvalue weighted by atomic mass is 9.80. The Labute approximate surface area is 186 Å². The smallest absolute Gasteiger partial charge is 0.391 e. The molecule has 0 atom stereocenters. The first kappa shape index (κ1) is 27.2. The fraction of sp³-hybridized carbons (Fsp3) is 0.760. The predicted octanol–water partition coefficient (Wildman–Crippen LogP) is 7.83. The Morgan fingerprint density at radius 2 is 1.30 bits per heavy atom. The lowest BCUT2D eigenvalue weighted by molar-refractivity contribution is 0.369. The monoisotopic (exact) mass is 440 g/mol. The first-order valence-electron chi connectivity index (χ1n) is 11.9. The summed E-state index contributed by atoms with van der Waals surface area (Å²) in [5.41, 5.74) is 2.21. The molecular weight excluding hydrogens is 395 g/mol. The molecule has 0 aliphatic carbocycles. The van der Waals surface area contributed by atoms with Crippen LogP contribution in [0.1, 0.15) is 121 Å². The Hall–Kier alpha value is -0.830. The summed E-state index contributed by atoms with van der Waals surface area (Å²) in [5, 5.41) is 10.7. The fourth-order valence-corrected chi connectivity index (χ4v) is 4.52. The summed E-state index contributed by atoms with van der Waals surface area (Å²) >= 11 is 0. The minimum atomic E-state index is -2.48. The molecule has 0 bridgehead atoms. The molecular formula is C25H45O4P. The van der Waals surface area contributed by atoms with Gasteiger partial charge in [-0.05, 0) is 36.8 Å². The summed E-state index contributed by atoms with van der Waals surface area (Å²) in [5.74, 6) is 0.790. The van der Waals surface area contributed by atoms with E-state index in [2.05, 4.69) is 27.7 Å². The van der Waals surface area contributed by atoms with Gasteiger partial charge in [0.25, 0.3) is 0 Å². The summed E-state index contributed by atoms with van der Waals surface area (Å²) in [6.07, 6.45) is 16.3. The van der Waals surface area contributed by atoms with Crippen molar-refractivity contribution in [2.24, 2.45) is 0 Å². The van der Waals surface area contributed by atoms with E-state index in [9.17, 15) is 14.9 Å². The van der Waals surface area contributed by atoms with Crippen LogP contribution < -0.4 is 4.52 Å². The summed E-state index contributed by atoms with van der Waals surface area (Å²) in [4.78, 5) is 18.8. The third-order valence-electron chi connectivity index (χ3n) is 5.77. The van der Waals surface area contributed by atoms with Gasteiger partial charge in [0.2, 0.25) is 0 Å². The number of phenolic OH excluding ortho intramolecular Hbond substituents is 1. The second-order valence-corrected chi connectivity index (χ2v) is 10.3. The zero-order chi connectivity index (χ0) is 22.6. The Kier molecular flexibility index (Phi) is 12.9. The van der Waals surface area contributed by atoms with Crippen molar-refractivity contribution in [3.63, 3.8) is 0 Å². The standard InChI is InChI=1S/C25H45O4P/c1-6-7-8-9-10-11-12-13-14-15-16-17-18-21-22(29-30(27)28)19-20(2)24(26)23(21)25(3,4)5/h19,26-28H,6-18H2,1-5H3. The van der Waals surface area contributed by atoms with Gasteiger partial charge in [0.1, 0.15) is 11.5 Å². The predicted molar refractivity (Wildman–Crippen MR) is 128 cm³/mol. The molecule has 0 heterocycles. The molecule has 0 amide bonds. The molecule has 0 radical (unpaired) electrons. The zero-order valence-corrected chi connectivity index (χ0v) is 20.9. The average Bonchev–Trinajstić information content (AvgIpc) is 2.64. The van der Waals surface area contributed by atoms with Crippen LogP contribution in [-0.4, -0.2) is 14.9 Å². The summed E-state index contributed by atoms with van der Waals surface area (Å²) in [6, 6.07) is 1.72. The quantitative estimate of drug-likeness (QED) is 0.192. The van der Waals surface area contributed by atoms with E-state index in [1.807, 2.05) is 6.92 Å². The van der Waals surface area contributed by atoms with Crippen LogP contribution in [0.4, 0.5) is 0 Å². The highest BCUT2D eigenvalue weighted by atomic mass is 31.2.